The molecular weight excluding hydrogens is 456 g/mol. The van der Waals surface area contributed by atoms with Crippen molar-refractivity contribution in [1.82, 2.24) is 9.29 Å². The molecule has 0 saturated heterocycles. The van der Waals surface area contributed by atoms with Crippen molar-refractivity contribution in [3.63, 3.8) is 0 Å². The van der Waals surface area contributed by atoms with Crippen molar-refractivity contribution in [3.05, 3.63) is 110 Å². The molecule has 33 heavy (non-hydrogen) atoms. The molecule has 4 rings (SSSR count). The molecular formula is C26H25ClN2O3S. The van der Waals surface area contributed by atoms with Crippen molar-refractivity contribution in [2.24, 2.45) is 0 Å². The lowest BCUT2D eigenvalue weighted by Gasteiger charge is -2.22. The Labute approximate surface area is 198 Å². The van der Waals surface area contributed by atoms with Gasteiger partial charge in [0.2, 0.25) is 10.0 Å². The summed E-state index contributed by atoms with van der Waals surface area (Å²) in [5.74, 6) is 0. The standard InChI is InChI=1S/C26H25ClN2O3S/c1-18-14-19(2)24-16-21(26(30)28-25(24)15-18)17-29(13-12-20-6-4-3-5-7-20)33(31,32)23-10-8-22(27)9-11-23/h3-11,14-16H,12-13,17H2,1-2H3,(H,28,30). The second-order valence-corrected chi connectivity index (χ2v) is 10.6. The molecule has 3 aromatic carbocycles. The number of pyridine rings is 1. The molecule has 0 aliphatic carbocycles. The number of H-pyrrole nitrogens is 1. The molecule has 0 saturated carbocycles. The maximum atomic E-state index is 13.5. The minimum absolute atomic E-state index is 0.0314. The maximum Gasteiger partial charge on any atom is 0.252 e. The second kappa shape index (κ2) is 9.51. The van der Waals surface area contributed by atoms with E-state index in [-0.39, 0.29) is 23.5 Å². The molecule has 0 amide bonds. The first kappa shape index (κ1) is 23.2. The zero-order valence-electron chi connectivity index (χ0n) is 18.5. The Morgan fingerprint density at radius 3 is 2.33 bits per heavy atom. The predicted octanol–water partition coefficient (Wildman–Crippen LogP) is 5.23. The zero-order valence-corrected chi connectivity index (χ0v) is 20.1. The van der Waals surface area contributed by atoms with Crippen LogP contribution in [-0.4, -0.2) is 24.3 Å². The molecule has 0 aliphatic rings. The lowest BCUT2D eigenvalue weighted by molar-refractivity contribution is 0.408. The normalized spacial score (nSPS) is 11.9. The molecule has 0 bridgehead atoms. The Kier molecular flexibility index (Phi) is 6.70. The van der Waals surface area contributed by atoms with Crippen molar-refractivity contribution in [2.75, 3.05) is 6.54 Å². The van der Waals surface area contributed by atoms with Crippen molar-refractivity contribution < 1.29 is 8.42 Å². The lowest BCUT2D eigenvalue weighted by Crippen LogP contribution is -2.34. The Balaban J connectivity index is 1.73. The van der Waals surface area contributed by atoms with Crippen molar-refractivity contribution in [1.29, 1.82) is 0 Å². The zero-order chi connectivity index (χ0) is 23.6. The number of halogens is 1. The predicted molar refractivity (Wildman–Crippen MR) is 133 cm³/mol. The molecule has 0 atom stereocenters. The van der Waals surface area contributed by atoms with Crippen LogP contribution < -0.4 is 5.56 Å². The molecule has 1 N–H and O–H groups in total. The first-order valence-corrected chi connectivity index (χ1v) is 12.5. The highest BCUT2D eigenvalue weighted by molar-refractivity contribution is 7.89. The number of hydrogen-bond donors (Lipinski definition) is 1. The van der Waals surface area contributed by atoms with Gasteiger partial charge in [0.05, 0.1) is 4.90 Å². The molecule has 0 fully saturated rings. The Bertz CT molecular complexity index is 1450. The summed E-state index contributed by atoms with van der Waals surface area (Å²) in [5, 5.41) is 1.36. The van der Waals surface area contributed by atoms with E-state index in [9.17, 15) is 13.2 Å². The second-order valence-electron chi connectivity index (χ2n) is 8.19. The van der Waals surface area contributed by atoms with Gasteiger partial charge in [-0.1, -0.05) is 48.0 Å². The SMILES string of the molecule is Cc1cc(C)c2cc(CN(CCc3ccccc3)S(=O)(=O)c3ccc(Cl)cc3)c(=O)[nH]c2c1. The lowest BCUT2D eigenvalue weighted by atomic mass is 10.0. The van der Waals surface area contributed by atoms with Crippen LogP contribution in [0.15, 0.2) is 82.5 Å². The van der Waals surface area contributed by atoms with E-state index < -0.39 is 10.0 Å². The molecule has 1 heterocycles. The molecule has 170 valence electrons. The van der Waals surface area contributed by atoms with E-state index in [4.69, 9.17) is 11.6 Å². The van der Waals surface area contributed by atoms with Crippen LogP contribution in [0.2, 0.25) is 5.02 Å². The number of aryl methyl sites for hydroxylation is 2. The first-order valence-electron chi connectivity index (χ1n) is 10.7. The molecule has 0 spiro atoms. The van der Waals surface area contributed by atoms with Crippen LogP contribution in [0.1, 0.15) is 22.3 Å². The quantitative estimate of drug-likeness (QED) is 0.393. The topological polar surface area (TPSA) is 70.2 Å². The highest BCUT2D eigenvalue weighted by atomic mass is 35.5. The van der Waals surface area contributed by atoms with Gasteiger partial charge in [0.25, 0.3) is 5.56 Å². The van der Waals surface area contributed by atoms with E-state index in [1.54, 1.807) is 18.2 Å². The number of nitrogens with zero attached hydrogens (tertiary/aromatic N) is 1. The fourth-order valence-corrected chi connectivity index (χ4v) is 5.51. The Morgan fingerprint density at radius 1 is 0.939 bits per heavy atom. The summed E-state index contributed by atoms with van der Waals surface area (Å²) >= 11 is 5.96. The summed E-state index contributed by atoms with van der Waals surface area (Å²) in [7, 11) is -3.85. The maximum absolute atomic E-state index is 13.5. The largest absolute Gasteiger partial charge is 0.322 e. The minimum atomic E-state index is -3.85. The number of nitrogens with one attached hydrogen (secondary N) is 1. The molecule has 0 aliphatic heterocycles. The number of sulfonamides is 1. The van der Waals surface area contributed by atoms with E-state index >= 15 is 0 Å². The van der Waals surface area contributed by atoms with Gasteiger partial charge < -0.3 is 4.98 Å². The van der Waals surface area contributed by atoms with Crippen LogP contribution in [0.4, 0.5) is 0 Å². The molecule has 1 aromatic heterocycles. The highest BCUT2D eigenvalue weighted by Crippen LogP contribution is 2.23. The molecule has 4 aromatic rings. The number of rotatable bonds is 7. The smallest absolute Gasteiger partial charge is 0.252 e. The van der Waals surface area contributed by atoms with Crippen molar-refractivity contribution >= 4 is 32.5 Å². The van der Waals surface area contributed by atoms with Crippen molar-refractivity contribution in [3.8, 4) is 0 Å². The molecule has 5 nitrogen and oxygen atoms in total. The Hall–Kier alpha value is -2.93. The number of hydrogen-bond acceptors (Lipinski definition) is 3. The Morgan fingerprint density at radius 2 is 1.64 bits per heavy atom. The third kappa shape index (κ3) is 5.19. The van der Waals surface area contributed by atoms with Gasteiger partial charge in [0, 0.05) is 34.6 Å². The third-order valence-electron chi connectivity index (χ3n) is 5.68. The van der Waals surface area contributed by atoms with Gasteiger partial charge in [0.15, 0.2) is 0 Å². The number of aromatic nitrogens is 1. The van der Waals surface area contributed by atoms with E-state index in [0.29, 0.717) is 17.0 Å². The summed E-state index contributed by atoms with van der Waals surface area (Å²) in [4.78, 5) is 15.9. The van der Waals surface area contributed by atoms with Crippen LogP contribution >= 0.6 is 11.6 Å². The molecule has 0 radical (unpaired) electrons. The van der Waals surface area contributed by atoms with Gasteiger partial charge in [0.1, 0.15) is 0 Å². The number of fused-ring (bicyclic) bond motifs is 1. The van der Waals surface area contributed by atoms with Gasteiger partial charge in [-0.3, -0.25) is 4.79 Å². The van der Waals surface area contributed by atoms with Gasteiger partial charge in [-0.2, -0.15) is 4.31 Å². The summed E-state index contributed by atoms with van der Waals surface area (Å²) < 4.78 is 28.4. The van der Waals surface area contributed by atoms with E-state index in [1.807, 2.05) is 56.3 Å². The van der Waals surface area contributed by atoms with Crippen LogP contribution in [0.3, 0.4) is 0 Å². The number of aromatic amines is 1. The average molecular weight is 481 g/mol. The number of benzene rings is 3. The molecule has 7 heteroatoms. The summed E-state index contributed by atoms with van der Waals surface area (Å²) in [5.41, 5.74) is 3.96. The highest BCUT2D eigenvalue weighted by Gasteiger charge is 2.25. The summed E-state index contributed by atoms with van der Waals surface area (Å²) in [6, 6.07) is 21.5. The monoisotopic (exact) mass is 480 g/mol. The van der Waals surface area contributed by atoms with E-state index in [0.717, 1.165) is 27.6 Å². The van der Waals surface area contributed by atoms with Crippen molar-refractivity contribution in [2.45, 2.75) is 31.7 Å². The van der Waals surface area contributed by atoms with Gasteiger partial charge in [-0.25, -0.2) is 8.42 Å². The minimum Gasteiger partial charge on any atom is -0.322 e. The van der Waals surface area contributed by atoms with E-state index in [2.05, 4.69) is 4.98 Å². The van der Waals surface area contributed by atoms with Gasteiger partial charge in [-0.05, 0) is 73.4 Å². The first-order chi connectivity index (χ1) is 15.7. The van der Waals surface area contributed by atoms with Crippen LogP contribution in [0, 0.1) is 13.8 Å². The third-order valence-corrected chi connectivity index (χ3v) is 7.79. The average Bonchev–Trinajstić information content (AvgIpc) is 2.78. The van der Waals surface area contributed by atoms with Crippen LogP contribution in [-0.2, 0) is 23.0 Å². The van der Waals surface area contributed by atoms with Gasteiger partial charge in [-0.15, -0.1) is 0 Å². The van der Waals surface area contributed by atoms with E-state index in [1.165, 1.54) is 16.4 Å². The van der Waals surface area contributed by atoms with Gasteiger partial charge >= 0.3 is 0 Å². The fraction of sp³-hybridized carbons (Fsp3) is 0.192. The summed E-state index contributed by atoms with van der Waals surface area (Å²) in [6.45, 7) is 4.16. The van der Waals surface area contributed by atoms with Crippen LogP contribution in [0.5, 0.6) is 0 Å². The molecule has 0 unspecified atom stereocenters. The summed E-state index contributed by atoms with van der Waals surface area (Å²) in [6.07, 6.45) is 0.525. The fourth-order valence-electron chi connectivity index (χ4n) is 3.96. The van der Waals surface area contributed by atoms with Crippen LogP contribution in [0.25, 0.3) is 10.9 Å².